The first-order chi connectivity index (χ1) is 10.7. The number of hydrogen-bond acceptors (Lipinski definition) is 6. The second-order valence-electron chi connectivity index (χ2n) is 5.75. The molecule has 1 aromatic carbocycles. The molecule has 0 aromatic heterocycles. The lowest BCUT2D eigenvalue weighted by Crippen LogP contribution is -2.32. The van der Waals surface area contributed by atoms with E-state index in [1.54, 1.807) is 18.9 Å². The van der Waals surface area contributed by atoms with Gasteiger partial charge in [0.15, 0.2) is 0 Å². The molecule has 1 N–H and O–H groups in total. The van der Waals surface area contributed by atoms with E-state index in [4.69, 9.17) is 0 Å². The largest absolute Gasteiger partial charge is 0.392 e. The molecule has 1 heterocycles. The molecule has 0 amide bonds. The van der Waals surface area contributed by atoms with Crippen LogP contribution >= 0.6 is 0 Å². The summed E-state index contributed by atoms with van der Waals surface area (Å²) in [4.78, 5) is 11.9. The first-order valence-corrected chi connectivity index (χ1v) is 8.85. The minimum Gasteiger partial charge on any atom is -0.392 e. The van der Waals surface area contributed by atoms with E-state index in [1.165, 1.54) is 16.4 Å². The molecule has 8 nitrogen and oxygen atoms in total. The van der Waals surface area contributed by atoms with Crippen LogP contribution in [0.1, 0.15) is 19.8 Å². The lowest BCUT2D eigenvalue weighted by atomic mass is 10.2. The highest BCUT2D eigenvalue weighted by atomic mass is 32.2. The number of sulfonamides is 1. The van der Waals surface area contributed by atoms with Crippen molar-refractivity contribution in [2.75, 3.05) is 31.6 Å². The Morgan fingerprint density at radius 1 is 1.39 bits per heavy atom. The third kappa shape index (κ3) is 3.80. The molecule has 1 unspecified atom stereocenters. The van der Waals surface area contributed by atoms with Gasteiger partial charge in [-0.3, -0.25) is 10.1 Å². The lowest BCUT2D eigenvalue weighted by molar-refractivity contribution is -0.385. The van der Waals surface area contributed by atoms with Crippen molar-refractivity contribution in [1.82, 2.24) is 4.31 Å². The van der Waals surface area contributed by atoms with Crippen LogP contribution in [0.15, 0.2) is 23.1 Å². The Labute approximate surface area is 135 Å². The highest BCUT2D eigenvalue weighted by molar-refractivity contribution is 7.89. The number of hydrogen-bond donors (Lipinski definition) is 1. The Balaban J connectivity index is 2.52. The summed E-state index contributed by atoms with van der Waals surface area (Å²) in [6.07, 6.45) is 0.914. The summed E-state index contributed by atoms with van der Waals surface area (Å²) < 4.78 is 27.0. The molecule has 23 heavy (non-hydrogen) atoms. The Hall–Kier alpha value is -1.71. The zero-order valence-electron chi connectivity index (χ0n) is 13.2. The lowest BCUT2D eigenvalue weighted by Gasteiger charge is -2.25. The Kier molecular flexibility index (Phi) is 5.23. The molecule has 1 atom stereocenters. The fourth-order valence-electron chi connectivity index (χ4n) is 2.70. The van der Waals surface area contributed by atoms with E-state index in [0.717, 1.165) is 18.9 Å². The maximum absolute atomic E-state index is 12.8. The number of likely N-dealkylation sites (N-methyl/N-ethyl adjacent to an activating group) is 1. The van der Waals surface area contributed by atoms with Gasteiger partial charge in [0.1, 0.15) is 4.90 Å². The van der Waals surface area contributed by atoms with Gasteiger partial charge in [0.25, 0.3) is 5.69 Å². The van der Waals surface area contributed by atoms with Crippen molar-refractivity contribution in [3.05, 3.63) is 28.3 Å². The maximum atomic E-state index is 12.8. The van der Waals surface area contributed by atoms with E-state index in [-0.39, 0.29) is 17.1 Å². The average molecular weight is 343 g/mol. The summed E-state index contributed by atoms with van der Waals surface area (Å²) in [6, 6.07) is 3.79. The second-order valence-corrected chi connectivity index (χ2v) is 7.66. The van der Waals surface area contributed by atoms with Crippen molar-refractivity contribution >= 4 is 21.4 Å². The van der Waals surface area contributed by atoms with Gasteiger partial charge >= 0.3 is 0 Å². The van der Waals surface area contributed by atoms with Gasteiger partial charge in [-0.2, -0.15) is 4.31 Å². The number of rotatable bonds is 6. The minimum absolute atomic E-state index is 0.0863. The van der Waals surface area contributed by atoms with Crippen LogP contribution in [0.25, 0.3) is 0 Å². The molecule has 1 aromatic rings. The molecule has 0 bridgehead atoms. The van der Waals surface area contributed by atoms with Gasteiger partial charge in [-0.1, -0.05) is 0 Å². The summed E-state index contributed by atoms with van der Waals surface area (Å²) in [6.45, 7) is 2.66. The molecule has 0 aliphatic carbocycles. The van der Waals surface area contributed by atoms with Crippen LogP contribution in [0.3, 0.4) is 0 Å². The number of nitro groups is 1. The van der Waals surface area contributed by atoms with Crippen LogP contribution in [0.2, 0.25) is 0 Å². The monoisotopic (exact) mass is 343 g/mol. The molecule has 0 saturated carbocycles. The zero-order chi connectivity index (χ0) is 17.2. The highest BCUT2D eigenvalue weighted by Crippen LogP contribution is 2.32. The maximum Gasteiger partial charge on any atom is 0.270 e. The normalized spacial score (nSPS) is 17.2. The number of nitrogens with zero attached hydrogens (tertiary/aromatic N) is 3. The minimum atomic E-state index is -3.80. The summed E-state index contributed by atoms with van der Waals surface area (Å²) in [5, 5.41) is 20.5. The van der Waals surface area contributed by atoms with Crippen LogP contribution in [0.4, 0.5) is 11.4 Å². The predicted molar refractivity (Wildman–Crippen MR) is 86.0 cm³/mol. The van der Waals surface area contributed by atoms with Crippen molar-refractivity contribution < 1.29 is 18.4 Å². The van der Waals surface area contributed by atoms with Crippen LogP contribution in [-0.4, -0.2) is 55.5 Å². The number of aliphatic hydroxyl groups is 1. The molecule has 0 radical (unpaired) electrons. The van der Waals surface area contributed by atoms with Gasteiger partial charge in [-0.05, 0) is 25.8 Å². The Morgan fingerprint density at radius 3 is 2.52 bits per heavy atom. The van der Waals surface area contributed by atoms with Crippen LogP contribution < -0.4 is 4.90 Å². The van der Waals surface area contributed by atoms with Gasteiger partial charge in [-0.15, -0.1) is 0 Å². The van der Waals surface area contributed by atoms with Gasteiger partial charge in [-0.25, -0.2) is 8.42 Å². The van der Waals surface area contributed by atoms with E-state index in [0.29, 0.717) is 18.8 Å². The quantitative estimate of drug-likeness (QED) is 0.615. The van der Waals surface area contributed by atoms with Crippen molar-refractivity contribution in [2.45, 2.75) is 30.8 Å². The topological polar surface area (TPSA) is 104 Å². The first-order valence-electron chi connectivity index (χ1n) is 7.41. The highest BCUT2D eigenvalue weighted by Gasteiger charge is 2.31. The standard InChI is InChI=1S/C14H21N3O5S/c1-11(18)10-15(2)13-6-5-12(17(19)20)9-14(13)23(21,22)16-7-3-4-8-16/h5-6,9,11,18H,3-4,7-8,10H2,1-2H3. The molecule has 1 fully saturated rings. The van der Waals surface area contributed by atoms with Gasteiger partial charge in [0.2, 0.25) is 10.0 Å². The zero-order valence-corrected chi connectivity index (χ0v) is 14.0. The van der Waals surface area contributed by atoms with E-state index < -0.39 is 21.1 Å². The third-order valence-electron chi connectivity index (χ3n) is 3.79. The summed E-state index contributed by atoms with van der Waals surface area (Å²) in [5.41, 5.74) is 0.0837. The van der Waals surface area contributed by atoms with E-state index in [1.807, 2.05) is 0 Å². The van der Waals surface area contributed by atoms with Gasteiger partial charge < -0.3 is 10.0 Å². The Bertz CT molecular complexity index is 684. The SMILES string of the molecule is CC(O)CN(C)c1ccc([N+](=O)[O-])cc1S(=O)(=O)N1CCCC1. The van der Waals surface area contributed by atoms with Crippen LogP contribution in [-0.2, 0) is 10.0 Å². The van der Waals surface area contributed by atoms with Crippen molar-refractivity contribution in [1.29, 1.82) is 0 Å². The molecular weight excluding hydrogens is 322 g/mol. The molecule has 1 aliphatic heterocycles. The van der Waals surface area contributed by atoms with E-state index >= 15 is 0 Å². The van der Waals surface area contributed by atoms with Crippen LogP contribution in [0, 0.1) is 10.1 Å². The fraction of sp³-hybridized carbons (Fsp3) is 0.571. The second kappa shape index (κ2) is 6.81. The number of non-ortho nitro benzene ring substituents is 1. The van der Waals surface area contributed by atoms with E-state index in [9.17, 15) is 23.6 Å². The smallest absolute Gasteiger partial charge is 0.270 e. The third-order valence-corrected chi connectivity index (χ3v) is 5.71. The van der Waals surface area contributed by atoms with Gasteiger partial charge in [0, 0.05) is 38.8 Å². The van der Waals surface area contributed by atoms with Crippen LogP contribution in [0.5, 0.6) is 0 Å². The number of aliphatic hydroxyl groups excluding tert-OH is 1. The molecule has 128 valence electrons. The average Bonchev–Trinajstić information content (AvgIpc) is 3.00. The molecule has 1 aliphatic rings. The summed E-state index contributed by atoms with van der Waals surface area (Å²) in [7, 11) is -2.15. The first kappa shape index (κ1) is 17.6. The number of nitro benzene ring substituents is 1. The molecule has 2 rings (SSSR count). The molecular formula is C14H21N3O5S. The van der Waals surface area contributed by atoms with Crippen molar-refractivity contribution in [2.24, 2.45) is 0 Å². The summed E-state index contributed by atoms with van der Waals surface area (Å²) >= 11 is 0. The Morgan fingerprint density at radius 2 is 2.00 bits per heavy atom. The fourth-order valence-corrected chi connectivity index (χ4v) is 4.48. The van der Waals surface area contributed by atoms with Crippen molar-refractivity contribution in [3.8, 4) is 0 Å². The molecule has 1 saturated heterocycles. The van der Waals surface area contributed by atoms with Crippen molar-refractivity contribution in [3.63, 3.8) is 0 Å². The number of benzene rings is 1. The predicted octanol–water partition coefficient (Wildman–Crippen LogP) is 1.20. The van der Waals surface area contributed by atoms with E-state index in [2.05, 4.69) is 0 Å². The molecule has 0 spiro atoms. The van der Waals surface area contributed by atoms with Gasteiger partial charge in [0.05, 0.1) is 16.7 Å². The summed E-state index contributed by atoms with van der Waals surface area (Å²) in [5.74, 6) is 0. The molecule has 9 heteroatoms. The number of anilines is 1.